The van der Waals surface area contributed by atoms with Crippen LogP contribution in [0.2, 0.25) is 0 Å². The first-order valence-corrected chi connectivity index (χ1v) is 6.69. The van der Waals surface area contributed by atoms with E-state index in [2.05, 4.69) is 21.2 Å². The average Bonchev–Trinajstić information content (AvgIpc) is 2.67. The molecule has 0 aliphatic rings. The van der Waals surface area contributed by atoms with Gasteiger partial charge in [-0.1, -0.05) is 15.9 Å². The first kappa shape index (κ1) is 14.1. The summed E-state index contributed by atoms with van der Waals surface area (Å²) in [5.41, 5.74) is 1.08. The topological polar surface area (TPSA) is 34.4 Å². The lowest BCUT2D eigenvalue weighted by molar-refractivity contribution is 0.264. The number of hydrogen-bond donors (Lipinski definition) is 1. The van der Waals surface area contributed by atoms with Crippen LogP contribution in [-0.2, 0) is 13.2 Å². The number of hydrogen-bond acceptors (Lipinski definition) is 3. The van der Waals surface area contributed by atoms with E-state index in [-0.39, 0.29) is 12.4 Å². The standard InChI is InChI=1S/C14H15BrFNO2/c1-9-3-13(19-14(9)7-17-2)8-18-12-5-10(15)4-11(16)6-12/h3-6,17H,7-8H2,1-2H3. The Kier molecular flexibility index (Phi) is 4.61. The molecule has 0 unspecified atom stereocenters. The van der Waals surface area contributed by atoms with Crippen LogP contribution in [0.1, 0.15) is 17.1 Å². The van der Waals surface area contributed by atoms with Crippen molar-refractivity contribution in [3.63, 3.8) is 0 Å². The van der Waals surface area contributed by atoms with Crippen molar-refractivity contribution < 1.29 is 13.5 Å². The third-order valence-corrected chi connectivity index (χ3v) is 3.08. The van der Waals surface area contributed by atoms with Gasteiger partial charge in [-0.25, -0.2) is 4.39 Å². The summed E-state index contributed by atoms with van der Waals surface area (Å²) in [5, 5.41) is 3.04. The SMILES string of the molecule is CNCc1oc(COc2cc(F)cc(Br)c2)cc1C. The molecule has 1 aromatic carbocycles. The molecule has 0 aliphatic heterocycles. The Hall–Kier alpha value is -1.33. The number of furan rings is 1. The molecule has 0 fully saturated rings. The second-order valence-electron chi connectivity index (χ2n) is 4.24. The van der Waals surface area contributed by atoms with Crippen LogP contribution in [0.25, 0.3) is 0 Å². The molecule has 2 aromatic rings. The summed E-state index contributed by atoms with van der Waals surface area (Å²) in [6, 6.07) is 6.37. The molecular weight excluding hydrogens is 313 g/mol. The minimum absolute atomic E-state index is 0.278. The number of rotatable bonds is 5. The summed E-state index contributed by atoms with van der Waals surface area (Å²) in [7, 11) is 1.86. The highest BCUT2D eigenvalue weighted by Crippen LogP contribution is 2.22. The van der Waals surface area contributed by atoms with Gasteiger partial charge in [0.1, 0.15) is 29.7 Å². The van der Waals surface area contributed by atoms with Crippen molar-refractivity contribution in [2.45, 2.75) is 20.1 Å². The molecule has 0 spiro atoms. The van der Waals surface area contributed by atoms with Crippen molar-refractivity contribution in [3.05, 3.63) is 51.6 Å². The summed E-state index contributed by atoms with van der Waals surface area (Å²) >= 11 is 3.22. The Morgan fingerprint density at radius 2 is 2.11 bits per heavy atom. The highest BCUT2D eigenvalue weighted by Gasteiger charge is 2.08. The average molecular weight is 328 g/mol. The Balaban J connectivity index is 2.03. The predicted octanol–water partition coefficient (Wildman–Crippen LogP) is 3.79. The molecule has 5 heteroatoms. The van der Waals surface area contributed by atoms with Gasteiger partial charge in [0.2, 0.25) is 0 Å². The van der Waals surface area contributed by atoms with Gasteiger partial charge in [-0.15, -0.1) is 0 Å². The van der Waals surface area contributed by atoms with Crippen molar-refractivity contribution in [1.29, 1.82) is 0 Å². The molecule has 0 aliphatic carbocycles. The number of halogens is 2. The minimum Gasteiger partial charge on any atom is -0.486 e. The molecule has 1 heterocycles. The second kappa shape index (κ2) is 6.21. The van der Waals surface area contributed by atoms with E-state index in [1.807, 2.05) is 20.0 Å². The van der Waals surface area contributed by atoms with Gasteiger partial charge in [0.25, 0.3) is 0 Å². The third-order valence-electron chi connectivity index (χ3n) is 2.63. The maximum absolute atomic E-state index is 13.2. The lowest BCUT2D eigenvalue weighted by Gasteiger charge is -2.05. The zero-order valence-electron chi connectivity index (χ0n) is 10.8. The van der Waals surface area contributed by atoms with Gasteiger partial charge >= 0.3 is 0 Å². The Morgan fingerprint density at radius 3 is 2.79 bits per heavy atom. The molecule has 2 rings (SSSR count). The fraction of sp³-hybridized carbons (Fsp3) is 0.286. The maximum atomic E-state index is 13.2. The van der Waals surface area contributed by atoms with Gasteiger partial charge in [-0.3, -0.25) is 0 Å². The zero-order chi connectivity index (χ0) is 13.8. The minimum atomic E-state index is -0.337. The van der Waals surface area contributed by atoms with Gasteiger partial charge < -0.3 is 14.5 Å². The van der Waals surface area contributed by atoms with E-state index < -0.39 is 0 Å². The highest BCUT2D eigenvalue weighted by molar-refractivity contribution is 9.10. The number of nitrogens with one attached hydrogen (secondary N) is 1. The van der Waals surface area contributed by atoms with E-state index in [4.69, 9.17) is 9.15 Å². The molecule has 102 valence electrons. The van der Waals surface area contributed by atoms with E-state index in [0.717, 1.165) is 17.1 Å². The van der Waals surface area contributed by atoms with Crippen LogP contribution >= 0.6 is 15.9 Å². The fourth-order valence-electron chi connectivity index (χ4n) is 1.76. The van der Waals surface area contributed by atoms with Crippen LogP contribution < -0.4 is 10.1 Å². The molecule has 0 saturated carbocycles. The first-order valence-electron chi connectivity index (χ1n) is 5.90. The lowest BCUT2D eigenvalue weighted by atomic mass is 10.2. The molecule has 0 bridgehead atoms. The Morgan fingerprint density at radius 1 is 1.32 bits per heavy atom. The summed E-state index contributed by atoms with van der Waals surface area (Å²) in [4.78, 5) is 0. The number of benzene rings is 1. The van der Waals surface area contributed by atoms with E-state index >= 15 is 0 Å². The van der Waals surface area contributed by atoms with Crippen LogP contribution in [0.4, 0.5) is 4.39 Å². The van der Waals surface area contributed by atoms with Crippen molar-refractivity contribution in [2.24, 2.45) is 0 Å². The fourth-order valence-corrected chi connectivity index (χ4v) is 2.21. The van der Waals surface area contributed by atoms with Gasteiger partial charge in [0.05, 0.1) is 6.54 Å². The molecule has 0 radical (unpaired) electrons. The van der Waals surface area contributed by atoms with E-state index in [1.54, 1.807) is 6.07 Å². The summed E-state index contributed by atoms with van der Waals surface area (Å²) in [6.07, 6.45) is 0. The predicted molar refractivity (Wildman–Crippen MR) is 74.6 cm³/mol. The molecule has 0 saturated heterocycles. The Labute approximate surface area is 119 Å². The van der Waals surface area contributed by atoms with Gasteiger partial charge in [0, 0.05) is 10.5 Å². The molecule has 1 aromatic heterocycles. The molecular formula is C14H15BrFNO2. The normalized spacial score (nSPS) is 10.7. The summed E-state index contributed by atoms with van der Waals surface area (Å²) < 4.78 is 25.0. The smallest absolute Gasteiger partial charge is 0.146 e. The molecule has 3 nitrogen and oxygen atoms in total. The van der Waals surface area contributed by atoms with Crippen LogP contribution in [0.3, 0.4) is 0 Å². The van der Waals surface area contributed by atoms with E-state index in [1.165, 1.54) is 12.1 Å². The molecule has 1 N–H and O–H groups in total. The van der Waals surface area contributed by atoms with Crippen molar-refractivity contribution in [2.75, 3.05) is 7.05 Å². The van der Waals surface area contributed by atoms with Crippen LogP contribution in [-0.4, -0.2) is 7.05 Å². The maximum Gasteiger partial charge on any atom is 0.146 e. The summed E-state index contributed by atoms with van der Waals surface area (Å²) in [6.45, 7) is 2.94. The van der Waals surface area contributed by atoms with E-state index in [9.17, 15) is 4.39 Å². The number of ether oxygens (including phenoxy) is 1. The molecule has 0 amide bonds. The molecule has 0 atom stereocenters. The van der Waals surface area contributed by atoms with Crippen molar-refractivity contribution in [1.82, 2.24) is 5.32 Å². The van der Waals surface area contributed by atoms with Crippen LogP contribution in [0.5, 0.6) is 5.75 Å². The largest absolute Gasteiger partial charge is 0.486 e. The number of aryl methyl sites for hydroxylation is 1. The Bertz CT molecular complexity index is 548. The quantitative estimate of drug-likeness (QED) is 0.907. The van der Waals surface area contributed by atoms with Crippen molar-refractivity contribution in [3.8, 4) is 5.75 Å². The van der Waals surface area contributed by atoms with Crippen LogP contribution in [0, 0.1) is 12.7 Å². The van der Waals surface area contributed by atoms with Gasteiger partial charge in [-0.05, 0) is 37.7 Å². The zero-order valence-corrected chi connectivity index (χ0v) is 12.4. The third kappa shape index (κ3) is 3.81. The van der Waals surface area contributed by atoms with Crippen molar-refractivity contribution >= 4 is 15.9 Å². The lowest BCUT2D eigenvalue weighted by Crippen LogP contribution is -2.04. The summed E-state index contributed by atoms with van der Waals surface area (Å²) in [5.74, 6) is 1.75. The van der Waals surface area contributed by atoms with E-state index in [0.29, 0.717) is 16.8 Å². The van der Waals surface area contributed by atoms with Gasteiger partial charge in [0.15, 0.2) is 0 Å². The molecule has 19 heavy (non-hydrogen) atoms. The van der Waals surface area contributed by atoms with Crippen LogP contribution in [0.15, 0.2) is 33.2 Å². The first-order chi connectivity index (χ1) is 9.08. The highest BCUT2D eigenvalue weighted by atomic mass is 79.9. The van der Waals surface area contributed by atoms with Gasteiger partial charge in [-0.2, -0.15) is 0 Å². The monoisotopic (exact) mass is 327 g/mol. The second-order valence-corrected chi connectivity index (χ2v) is 5.16.